The summed E-state index contributed by atoms with van der Waals surface area (Å²) in [5, 5.41) is 28.1. The Kier molecular flexibility index (Phi) is 17.8. The van der Waals surface area contributed by atoms with Crippen molar-refractivity contribution in [2.24, 2.45) is 11.5 Å². The number of hydrogen-bond acceptors (Lipinski definition) is 9. The predicted molar refractivity (Wildman–Crippen MR) is 169 cm³/mol. The number of alkyl halides is 1. The summed E-state index contributed by atoms with van der Waals surface area (Å²) in [5.41, 5.74) is 11.6. The van der Waals surface area contributed by atoms with E-state index in [1.807, 2.05) is 0 Å². The molecule has 11 N–H and O–H groups in total. The fourth-order valence-corrected chi connectivity index (χ4v) is 4.51. The number of nitrogens with zero attached hydrogens (tertiary/aromatic N) is 2. The van der Waals surface area contributed by atoms with E-state index >= 15 is 0 Å². The number of unbranched alkanes of at least 4 members (excludes halogenated alkanes) is 2. The van der Waals surface area contributed by atoms with E-state index < -0.39 is 73.4 Å². The van der Waals surface area contributed by atoms with Crippen molar-refractivity contribution in [1.82, 2.24) is 36.9 Å². The van der Waals surface area contributed by atoms with Crippen molar-refractivity contribution in [3.05, 3.63) is 47.8 Å². The van der Waals surface area contributed by atoms with E-state index in [0.29, 0.717) is 44.3 Å². The number of H-pyrrole nitrogens is 1. The van der Waals surface area contributed by atoms with E-state index in [9.17, 15) is 38.3 Å². The van der Waals surface area contributed by atoms with Gasteiger partial charge in [0.25, 0.3) is 0 Å². The highest BCUT2D eigenvalue weighted by Crippen LogP contribution is 2.05. The highest BCUT2D eigenvalue weighted by Gasteiger charge is 2.27. The minimum atomic E-state index is -1.22. The highest BCUT2D eigenvalue weighted by molar-refractivity contribution is 5.97. The van der Waals surface area contributed by atoms with Gasteiger partial charge in [0.1, 0.15) is 31.3 Å². The fraction of sp³-hybridized carbons (Fsp3) is 0.533. The zero-order valence-electron chi connectivity index (χ0n) is 26.7. The second-order valence-electron chi connectivity index (χ2n) is 10.9. The number of aliphatic carboxylic acids is 1. The van der Waals surface area contributed by atoms with E-state index in [0.717, 1.165) is 0 Å². The Morgan fingerprint density at radius 3 is 1.94 bits per heavy atom. The van der Waals surface area contributed by atoms with Crippen molar-refractivity contribution in [1.29, 1.82) is 0 Å². The van der Waals surface area contributed by atoms with Gasteiger partial charge in [-0.25, -0.2) is 9.18 Å². The number of carboxylic acids is 1. The summed E-state index contributed by atoms with van der Waals surface area (Å²) in [5.74, 6) is -4.72. The number of carbonyl (C=O) groups is 6. The molecule has 5 amide bonds. The number of rotatable bonds is 23. The zero-order valence-corrected chi connectivity index (χ0v) is 26.7. The molecule has 17 nitrogen and oxygen atoms in total. The van der Waals surface area contributed by atoms with Gasteiger partial charge in [-0.2, -0.15) is 4.68 Å². The number of nitrogens with two attached hydrogens (primary N) is 2. The van der Waals surface area contributed by atoms with Crippen LogP contribution >= 0.6 is 0 Å². The number of aromatic nitrogens is 3. The van der Waals surface area contributed by atoms with Crippen LogP contribution in [0, 0.1) is 0 Å². The van der Waals surface area contributed by atoms with Gasteiger partial charge in [-0.1, -0.05) is 35.5 Å². The molecule has 18 heteroatoms. The van der Waals surface area contributed by atoms with Crippen molar-refractivity contribution >= 4 is 35.5 Å². The summed E-state index contributed by atoms with van der Waals surface area (Å²) in [7, 11) is 0. The van der Waals surface area contributed by atoms with E-state index in [1.165, 1.54) is 10.9 Å². The Hall–Kier alpha value is -4.97. The predicted octanol–water partition coefficient (Wildman–Crippen LogP) is -2.45. The van der Waals surface area contributed by atoms with Crippen LogP contribution in [0.25, 0.3) is 0 Å². The lowest BCUT2D eigenvalue weighted by Gasteiger charge is -2.20. The number of halogens is 1. The monoisotopic (exact) mass is 676 g/mol. The van der Waals surface area contributed by atoms with Crippen LogP contribution in [-0.2, 0) is 36.9 Å². The van der Waals surface area contributed by atoms with Gasteiger partial charge in [0.2, 0.25) is 23.6 Å². The number of carbonyl (C=O) groups excluding carboxylic acids is 5. The largest absolute Gasteiger partial charge is 0.480 e. The molecule has 2 aromatic rings. The second kappa shape index (κ2) is 21.8. The molecule has 0 aliphatic heterocycles. The number of carboxylic acid groups (broad SMARTS) is 1. The molecule has 0 bridgehead atoms. The van der Waals surface area contributed by atoms with Gasteiger partial charge in [-0.3, -0.25) is 24.0 Å². The third-order valence-corrected chi connectivity index (χ3v) is 7.06. The molecule has 2 rings (SSSR count). The van der Waals surface area contributed by atoms with Gasteiger partial charge in [0, 0.05) is 6.42 Å². The molecule has 0 spiro atoms. The summed E-state index contributed by atoms with van der Waals surface area (Å²) in [6.07, 6.45) is 3.90. The van der Waals surface area contributed by atoms with Crippen LogP contribution in [0.3, 0.4) is 0 Å². The molecule has 0 unspecified atom stereocenters. The molecular formula is C30H46FN10O7+. The first kappa shape index (κ1) is 39.2. The van der Waals surface area contributed by atoms with Crippen molar-refractivity contribution < 1.29 is 42.9 Å². The Balaban J connectivity index is 2.02. The zero-order chi connectivity index (χ0) is 35.3. The Labute approximate surface area is 277 Å². The molecular weight excluding hydrogens is 630 g/mol. The Bertz CT molecular complexity index is 1340. The van der Waals surface area contributed by atoms with Gasteiger partial charge >= 0.3 is 17.6 Å². The molecule has 1 heterocycles. The molecule has 48 heavy (non-hydrogen) atoms. The third-order valence-electron chi connectivity index (χ3n) is 7.06. The number of benzene rings is 1. The molecule has 264 valence electrons. The first-order valence-electron chi connectivity index (χ1n) is 15.7. The molecule has 0 aliphatic rings. The van der Waals surface area contributed by atoms with Gasteiger partial charge in [-0.05, 0) is 57.2 Å². The fourth-order valence-electron chi connectivity index (χ4n) is 4.51. The van der Waals surface area contributed by atoms with Crippen molar-refractivity contribution in [2.45, 2.75) is 69.6 Å². The van der Waals surface area contributed by atoms with Gasteiger partial charge in [0.15, 0.2) is 6.20 Å². The third kappa shape index (κ3) is 14.6. The minimum Gasteiger partial charge on any atom is -0.480 e. The van der Waals surface area contributed by atoms with Crippen LogP contribution in [0.2, 0.25) is 0 Å². The van der Waals surface area contributed by atoms with Crippen LogP contribution in [-0.4, -0.2) is 102 Å². The summed E-state index contributed by atoms with van der Waals surface area (Å²) < 4.78 is 13.9. The smallest absolute Gasteiger partial charge is 0.326 e. The van der Waals surface area contributed by atoms with Gasteiger partial charge in [-0.15, -0.1) is 0 Å². The number of amides is 5. The standard InChI is InChI=1S/C30H45FN10O7/c31-12-15-41-19-24(39-40-41)29(46)38-21(10-4-6-13-32)27(44)34-18-26(43)37-23(16-20-8-2-1-3-9-20)28(45)35-17-25(42)36-22(30(47)48)11-5-7-14-33/h1-3,8-9,19,21-23H,4-7,10-18,32-33H2,(H6,34,35,36,37,38,42,43,44,45,46,47,48)/p+1/t21-,22-,23-/m0/s1/i31-1. The molecule has 0 radical (unpaired) electrons. The maximum Gasteiger partial charge on any atom is 0.326 e. The highest BCUT2D eigenvalue weighted by atomic mass is 18.2. The molecule has 1 aromatic heterocycles. The van der Waals surface area contributed by atoms with Crippen LogP contribution in [0.5, 0.6) is 0 Å². The first-order valence-corrected chi connectivity index (χ1v) is 15.7. The number of aryl methyl sites for hydroxylation is 1. The quantitative estimate of drug-likeness (QED) is 0.0443. The van der Waals surface area contributed by atoms with Crippen LogP contribution in [0.4, 0.5) is 4.39 Å². The molecule has 0 saturated carbocycles. The van der Waals surface area contributed by atoms with E-state index in [2.05, 4.69) is 36.9 Å². The van der Waals surface area contributed by atoms with Crippen molar-refractivity contribution in [3.8, 4) is 0 Å². The van der Waals surface area contributed by atoms with E-state index in [-0.39, 0.29) is 31.5 Å². The average Bonchev–Trinajstić information content (AvgIpc) is 3.54. The maximum absolute atomic E-state index is 13.1. The summed E-state index contributed by atoms with van der Waals surface area (Å²) in [4.78, 5) is 75.7. The lowest BCUT2D eigenvalue weighted by Crippen LogP contribution is -2.54. The lowest BCUT2D eigenvalue weighted by atomic mass is 10.1. The van der Waals surface area contributed by atoms with Crippen LogP contribution < -0.4 is 42.7 Å². The average molecular weight is 677 g/mol. The Morgan fingerprint density at radius 2 is 1.38 bits per heavy atom. The number of nitrogens with one attached hydrogen (secondary N) is 6. The van der Waals surface area contributed by atoms with Gasteiger partial charge in [0.05, 0.1) is 18.2 Å². The lowest BCUT2D eigenvalue weighted by molar-refractivity contribution is -0.753. The van der Waals surface area contributed by atoms with Crippen molar-refractivity contribution in [2.75, 3.05) is 32.9 Å². The summed E-state index contributed by atoms with van der Waals surface area (Å²) in [6, 6.07) is 5.42. The molecule has 3 atom stereocenters. The molecule has 0 fully saturated rings. The van der Waals surface area contributed by atoms with E-state index in [1.54, 1.807) is 30.3 Å². The van der Waals surface area contributed by atoms with Crippen LogP contribution in [0.1, 0.15) is 54.6 Å². The van der Waals surface area contributed by atoms with Crippen LogP contribution in [0.15, 0.2) is 36.5 Å². The Morgan fingerprint density at radius 1 is 0.812 bits per heavy atom. The number of aromatic amines is 1. The summed E-state index contributed by atoms with van der Waals surface area (Å²) >= 11 is 0. The van der Waals surface area contributed by atoms with E-state index in [4.69, 9.17) is 11.5 Å². The normalized spacial score (nSPS) is 12.6. The topological polar surface area (TPSA) is 267 Å². The molecule has 1 aromatic carbocycles. The second-order valence-corrected chi connectivity index (χ2v) is 10.9. The van der Waals surface area contributed by atoms with Crippen molar-refractivity contribution in [3.63, 3.8) is 0 Å². The first-order chi connectivity index (χ1) is 23.1. The molecule has 0 saturated heterocycles. The SMILES string of the molecule is NCCCC[C@H](NC(=O)CNC(=O)[C@H](Cc1ccccc1)NC(=O)CNC(=O)[C@H](CCCCN)NC(=O)c1c[n+](CC[18F])[nH]n1)C(=O)O. The maximum atomic E-state index is 13.1. The summed E-state index contributed by atoms with van der Waals surface area (Å²) in [6.45, 7) is -1.03. The molecule has 0 aliphatic carbocycles. The van der Waals surface area contributed by atoms with Gasteiger partial charge < -0.3 is 43.2 Å². The minimum absolute atomic E-state index is 0.0346. The number of hydrogen-bond donors (Lipinski definition) is 9.